The minimum absolute atomic E-state index is 0.0297. The quantitative estimate of drug-likeness (QED) is 0.740. The highest BCUT2D eigenvalue weighted by Gasteiger charge is 2.42. The molecule has 1 fully saturated rings. The maximum absolute atomic E-state index is 12.1. The summed E-state index contributed by atoms with van der Waals surface area (Å²) in [5, 5.41) is 0.0297. The number of carbonyl (C=O) groups excluding carboxylic acids is 1. The minimum atomic E-state index is -3.89. The van der Waals surface area contributed by atoms with Gasteiger partial charge in [-0.3, -0.25) is 0 Å². The highest BCUT2D eigenvalue weighted by molar-refractivity contribution is 7.87. The summed E-state index contributed by atoms with van der Waals surface area (Å²) in [4.78, 5) is 11.4. The Morgan fingerprint density at radius 3 is 2.23 bits per heavy atom. The topological polar surface area (TPSA) is 84.9 Å². The molecule has 0 unspecified atom stereocenters. The second-order valence-corrected chi connectivity index (χ2v) is 14.0. The fourth-order valence-electron chi connectivity index (χ4n) is 1.82. The van der Waals surface area contributed by atoms with Crippen molar-refractivity contribution in [1.82, 2.24) is 9.03 Å². The van der Waals surface area contributed by atoms with Gasteiger partial charge in [0.15, 0.2) is 8.32 Å². The van der Waals surface area contributed by atoms with Crippen LogP contribution in [0, 0.1) is 0 Å². The van der Waals surface area contributed by atoms with Crippen molar-refractivity contribution in [2.75, 3.05) is 19.7 Å². The minimum Gasteiger partial charge on any atom is -0.447 e. The zero-order valence-electron chi connectivity index (χ0n) is 14.5. The third kappa shape index (κ3) is 4.67. The molecule has 1 aliphatic rings. The number of nitrogens with zero attached hydrogens (tertiary/aromatic N) is 1. The van der Waals surface area contributed by atoms with E-state index in [0.717, 1.165) is 0 Å². The van der Waals surface area contributed by atoms with Crippen LogP contribution in [0.2, 0.25) is 18.1 Å². The van der Waals surface area contributed by atoms with Crippen LogP contribution in [-0.2, 0) is 19.4 Å². The van der Waals surface area contributed by atoms with Crippen molar-refractivity contribution in [3.05, 3.63) is 0 Å². The van der Waals surface area contributed by atoms with Gasteiger partial charge in [0.25, 0.3) is 0 Å². The van der Waals surface area contributed by atoms with Crippen molar-refractivity contribution < 1.29 is 22.4 Å². The Morgan fingerprint density at radius 2 is 1.82 bits per heavy atom. The van der Waals surface area contributed by atoms with Gasteiger partial charge in [0.2, 0.25) is 0 Å². The van der Waals surface area contributed by atoms with E-state index in [0.29, 0.717) is 4.31 Å². The maximum atomic E-state index is 12.1. The lowest BCUT2D eigenvalue weighted by Crippen LogP contribution is -2.53. The lowest BCUT2D eigenvalue weighted by atomic mass is 10.1. The summed E-state index contributed by atoms with van der Waals surface area (Å²) in [6.07, 6.45) is -0.837. The van der Waals surface area contributed by atoms with E-state index < -0.39 is 30.2 Å². The fraction of sp³-hybridized carbons (Fsp3) is 0.923. The summed E-state index contributed by atoms with van der Waals surface area (Å²) in [5.41, 5.74) is -0.667. The summed E-state index contributed by atoms with van der Waals surface area (Å²) in [7, 11) is -5.91. The van der Waals surface area contributed by atoms with Gasteiger partial charge in [-0.2, -0.15) is 17.4 Å². The second kappa shape index (κ2) is 6.10. The van der Waals surface area contributed by atoms with E-state index in [9.17, 15) is 13.2 Å². The van der Waals surface area contributed by atoms with Crippen molar-refractivity contribution in [3.8, 4) is 0 Å². The molecule has 22 heavy (non-hydrogen) atoms. The van der Waals surface area contributed by atoms with E-state index in [2.05, 4.69) is 43.3 Å². The van der Waals surface area contributed by atoms with E-state index in [1.807, 2.05) is 13.8 Å². The Morgan fingerprint density at radius 1 is 1.27 bits per heavy atom. The molecule has 0 saturated carbocycles. The number of hydrogen-bond donors (Lipinski definition) is 1. The van der Waals surface area contributed by atoms with Gasteiger partial charge in [-0.05, 0) is 32.0 Å². The zero-order chi connectivity index (χ0) is 17.4. The molecule has 1 saturated heterocycles. The number of amides is 1. The van der Waals surface area contributed by atoms with Crippen LogP contribution in [0.3, 0.4) is 0 Å². The Hall–Kier alpha value is -0.643. The molecule has 7 nitrogen and oxygen atoms in total. The Bertz CT molecular complexity index is 525. The average Bonchev–Trinajstić information content (AvgIpc) is 2.71. The number of nitrogens with one attached hydrogen (secondary N) is 1. The van der Waals surface area contributed by atoms with Gasteiger partial charge in [0.1, 0.15) is 6.61 Å². The number of rotatable bonds is 6. The van der Waals surface area contributed by atoms with Crippen molar-refractivity contribution in [2.24, 2.45) is 0 Å². The van der Waals surface area contributed by atoms with Crippen molar-refractivity contribution in [1.29, 1.82) is 0 Å². The van der Waals surface area contributed by atoms with Crippen molar-refractivity contribution >= 4 is 24.6 Å². The van der Waals surface area contributed by atoms with Gasteiger partial charge in [0.05, 0.1) is 12.1 Å². The fourth-order valence-corrected chi connectivity index (χ4v) is 4.83. The van der Waals surface area contributed by atoms with E-state index in [4.69, 9.17) is 4.43 Å². The number of ether oxygens (including phenoxy) is 1. The first-order valence-corrected chi connectivity index (χ1v) is 11.7. The third-order valence-corrected chi connectivity index (χ3v) is 10.1. The molecule has 0 bridgehead atoms. The smallest absolute Gasteiger partial charge is 0.424 e. The largest absolute Gasteiger partial charge is 0.447 e. The van der Waals surface area contributed by atoms with Crippen LogP contribution in [-0.4, -0.2) is 52.4 Å². The first kappa shape index (κ1) is 19.4. The SMILES string of the molecule is CC(C)(CNS(=O)(=O)N1CCOC1=O)O[Si](C)(C)C(C)(C)C. The number of carbonyl (C=O) groups is 1. The highest BCUT2D eigenvalue weighted by atomic mass is 32.2. The van der Waals surface area contributed by atoms with Crippen LogP contribution in [0.4, 0.5) is 4.79 Å². The molecule has 0 aliphatic carbocycles. The average molecular weight is 353 g/mol. The predicted octanol–water partition coefficient (Wildman–Crippen LogP) is 2.07. The van der Waals surface area contributed by atoms with E-state index in [1.54, 1.807) is 0 Å². The Labute approximate surface area is 134 Å². The van der Waals surface area contributed by atoms with Gasteiger partial charge in [0, 0.05) is 6.54 Å². The molecule has 1 rings (SSSR count). The normalized spacial score (nSPS) is 17.8. The van der Waals surface area contributed by atoms with Crippen molar-refractivity contribution in [2.45, 2.75) is 58.4 Å². The first-order valence-electron chi connectivity index (χ1n) is 7.32. The van der Waals surface area contributed by atoms with Crippen LogP contribution < -0.4 is 4.72 Å². The maximum Gasteiger partial charge on any atom is 0.424 e. The van der Waals surface area contributed by atoms with Crippen LogP contribution in [0.5, 0.6) is 0 Å². The highest BCUT2D eigenvalue weighted by Crippen LogP contribution is 2.38. The molecule has 0 aromatic heterocycles. The van der Waals surface area contributed by atoms with E-state index in [-0.39, 0.29) is 24.7 Å². The number of hydrogen-bond acceptors (Lipinski definition) is 5. The molecule has 1 N–H and O–H groups in total. The third-order valence-electron chi connectivity index (χ3n) is 4.03. The van der Waals surface area contributed by atoms with Gasteiger partial charge in [-0.25, -0.2) is 4.79 Å². The zero-order valence-corrected chi connectivity index (χ0v) is 16.3. The van der Waals surface area contributed by atoms with Crippen LogP contribution in [0.1, 0.15) is 34.6 Å². The molecule has 0 spiro atoms. The van der Waals surface area contributed by atoms with Gasteiger partial charge in [-0.15, -0.1) is 0 Å². The summed E-state index contributed by atoms with van der Waals surface area (Å²) < 4.78 is 38.3. The molecule has 1 heterocycles. The first-order chi connectivity index (χ1) is 9.68. The van der Waals surface area contributed by atoms with Gasteiger partial charge in [-0.1, -0.05) is 20.8 Å². The molecular formula is C13H28N2O5SSi. The predicted molar refractivity (Wildman–Crippen MR) is 87.3 cm³/mol. The summed E-state index contributed by atoms with van der Waals surface area (Å²) in [5.74, 6) is 0. The van der Waals surface area contributed by atoms with Gasteiger partial charge >= 0.3 is 16.3 Å². The molecular weight excluding hydrogens is 324 g/mol. The Balaban J connectivity index is 2.71. The molecule has 1 aliphatic heterocycles. The van der Waals surface area contributed by atoms with Crippen LogP contribution in [0.25, 0.3) is 0 Å². The van der Waals surface area contributed by atoms with Gasteiger partial charge < -0.3 is 9.16 Å². The standard InChI is InChI=1S/C13H28N2O5SSi/c1-12(2,3)22(6,7)20-13(4,5)10-14-21(17,18)15-8-9-19-11(15)16/h14H,8-10H2,1-7H3. The molecule has 0 atom stereocenters. The molecule has 9 heteroatoms. The molecule has 1 amide bonds. The lowest BCUT2D eigenvalue weighted by molar-refractivity contribution is 0.0959. The number of cyclic esters (lactones) is 1. The van der Waals surface area contributed by atoms with E-state index in [1.165, 1.54) is 0 Å². The van der Waals surface area contributed by atoms with Crippen LogP contribution >= 0.6 is 0 Å². The second-order valence-electron chi connectivity index (χ2n) is 7.63. The Kier molecular flexibility index (Phi) is 5.38. The summed E-state index contributed by atoms with van der Waals surface area (Å²) in [6.45, 7) is 14.5. The van der Waals surface area contributed by atoms with Crippen LogP contribution in [0.15, 0.2) is 0 Å². The summed E-state index contributed by atoms with van der Waals surface area (Å²) >= 11 is 0. The summed E-state index contributed by atoms with van der Waals surface area (Å²) in [6, 6.07) is 0. The lowest BCUT2D eigenvalue weighted by Gasteiger charge is -2.42. The molecule has 130 valence electrons. The molecule has 0 aromatic carbocycles. The van der Waals surface area contributed by atoms with Crippen molar-refractivity contribution in [3.63, 3.8) is 0 Å². The molecule has 0 radical (unpaired) electrons. The van der Waals surface area contributed by atoms with E-state index >= 15 is 0 Å². The molecule has 0 aromatic rings. The monoisotopic (exact) mass is 352 g/mol.